The minimum atomic E-state index is 0.417. The summed E-state index contributed by atoms with van der Waals surface area (Å²) in [7, 11) is 0. The summed E-state index contributed by atoms with van der Waals surface area (Å²) >= 11 is 0. The zero-order valence-corrected chi connectivity index (χ0v) is 8.29. The van der Waals surface area contributed by atoms with Crippen LogP contribution in [0.15, 0.2) is 24.3 Å². The van der Waals surface area contributed by atoms with Gasteiger partial charge in [-0.3, -0.25) is 0 Å². The molecule has 1 aromatic carbocycles. The molecule has 2 rings (SSSR count). The van der Waals surface area contributed by atoms with Gasteiger partial charge in [0, 0.05) is 0 Å². The fourth-order valence-electron chi connectivity index (χ4n) is 1.86. The Balaban J connectivity index is 2.21. The van der Waals surface area contributed by atoms with Crippen LogP contribution in [-0.2, 0) is 0 Å². The number of hydrogen-bond acceptors (Lipinski definition) is 0. The van der Waals surface area contributed by atoms with Gasteiger partial charge in [0.2, 0.25) is 0 Å². The first kappa shape index (κ1) is 8.80. The highest BCUT2D eigenvalue weighted by Gasteiger charge is 2.19. The lowest BCUT2D eigenvalue weighted by atomic mass is 9.79. The monoisotopic (exact) mass is 173 g/mol. The molecule has 1 aliphatic rings. The molecule has 1 radical (unpaired) electrons. The Hall–Kier alpha value is -0.780. The first-order valence-corrected chi connectivity index (χ1v) is 5.20. The summed E-state index contributed by atoms with van der Waals surface area (Å²) in [6.45, 7) is 6.21. The van der Waals surface area contributed by atoms with Gasteiger partial charge in [0.15, 0.2) is 0 Å². The molecule has 0 spiro atoms. The zero-order chi connectivity index (χ0) is 9.26. The van der Waals surface area contributed by atoms with E-state index in [1.165, 1.54) is 30.4 Å². The van der Waals surface area contributed by atoms with E-state index in [1.54, 1.807) is 0 Å². The van der Waals surface area contributed by atoms with Crippen LogP contribution in [0.1, 0.15) is 49.1 Å². The minimum absolute atomic E-state index is 0.417. The maximum Gasteiger partial charge on any atom is -0.0162 e. The van der Waals surface area contributed by atoms with Crippen LogP contribution in [0.25, 0.3) is 0 Å². The predicted molar refractivity (Wildman–Crippen MR) is 56.8 cm³/mol. The van der Waals surface area contributed by atoms with Crippen molar-refractivity contribution in [1.82, 2.24) is 0 Å². The van der Waals surface area contributed by atoms with Crippen molar-refractivity contribution in [2.24, 2.45) is 0 Å². The summed E-state index contributed by atoms with van der Waals surface area (Å²) < 4.78 is 0. The van der Waals surface area contributed by atoms with Crippen molar-refractivity contribution in [3.05, 3.63) is 42.3 Å². The van der Waals surface area contributed by atoms with Crippen molar-refractivity contribution < 1.29 is 0 Å². The molecule has 1 atom stereocenters. The molecule has 1 saturated carbocycles. The topological polar surface area (TPSA) is 0 Å². The van der Waals surface area contributed by atoms with Gasteiger partial charge in [0.25, 0.3) is 0 Å². The standard InChI is InChI=1S/C13H17/c1-10(2)12-7-4-8-13(9-12)11-5-3-6-11/h4,7-11H,1,3,5-6H2,2H3. The van der Waals surface area contributed by atoms with Crippen molar-refractivity contribution >= 4 is 0 Å². The maximum absolute atomic E-state index is 4.05. The molecule has 13 heavy (non-hydrogen) atoms. The molecule has 1 aliphatic carbocycles. The minimum Gasteiger partial charge on any atom is -0.0617 e. The van der Waals surface area contributed by atoms with Crippen LogP contribution in [0.4, 0.5) is 0 Å². The second-order valence-corrected chi connectivity index (χ2v) is 4.20. The summed E-state index contributed by atoms with van der Waals surface area (Å²) in [5.41, 5.74) is 2.91. The molecule has 0 nitrogen and oxygen atoms in total. The summed E-state index contributed by atoms with van der Waals surface area (Å²) in [5.74, 6) is 1.26. The van der Waals surface area contributed by atoms with Crippen LogP contribution in [0.2, 0.25) is 0 Å². The lowest BCUT2D eigenvalue weighted by Gasteiger charge is -2.26. The van der Waals surface area contributed by atoms with E-state index in [0.29, 0.717) is 5.92 Å². The van der Waals surface area contributed by atoms with Gasteiger partial charge in [0.1, 0.15) is 0 Å². The molecular weight excluding hydrogens is 156 g/mol. The number of hydrogen-bond donors (Lipinski definition) is 0. The number of rotatable bonds is 2. The van der Waals surface area contributed by atoms with E-state index in [-0.39, 0.29) is 0 Å². The van der Waals surface area contributed by atoms with Gasteiger partial charge in [-0.15, -0.1) is 0 Å². The molecule has 0 amide bonds. The van der Waals surface area contributed by atoms with Crippen molar-refractivity contribution in [3.63, 3.8) is 0 Å². The molecule has 0 bridgehead atoms. The first-order valence-electron chi connectivity index (χ1n) is 5.20. The average molecular weight is 173 g/mol. The van der Waals surface area contributed by atoms with Gasteiger partial charge in [-0.1, -0.05) is 37.6 Å². The van der Waals surface area contributed by atoms with Gasteiger partial charge in [0.05, 0.1) is 0 Å². The second-order valence-electron chi connectivity index (χ2n) is 4.20. The van der Waals surface area contributed by atoms with Crippen molar-refractivity contribution in [1.29, 1.82) is 0 Å². The van der Waals surface area contributed by atoms with Crippen LogP contribution < -0.4 is 0 Å². The molecule has 0 heterocycles. The van der Waals surface area contributed by atoms with Gasteiger partial charge in [-0.2, -0.15) is 0 Å². The third kappa shape index (κ3) is 1.77. The van der Waals surface area contributed by atoms with E-state index in [0.717, 1.165) is 5.92 Å². The predicted octanol–water partition coefficient (Wildman–Crippen LogP) is 3.89. The zero-order valence-electron chi connectivity index (χ0n) is 8.29. The highest BCUT2D eigenvalue weighted by atomic mass is 14.2. The largest absolute Gasteiger partial charge is 0.0617 e. The van der Waals surface area contributed by atoms with Gasteiger partial charge in [-0.05, 0) is 42.7 Å². The van der Waals surface area contributed by atoms with Crippen LogP contribution in [-0.4, -0.2) is 0 Å². The van der Waals surface area contributed by atoms with Crippen LogP contribution in [0.5, 0.6) is 0 Å². The molecule has 0 heteroatoms. The molecule has 1 fully saturated rings. The van der Waals surface area contributed by atoms with Gasteiger partial charge in [-0.25, -0.2) is 0 Å². The van der Waals surface area contributed by atoms with Crippen LogP contribution in [0, 0.1) is 6.92 Å². The van der Waals surface area contributed by atoms with E-state index >= 15 is 0 Å². The maximum atomic E-state index is 4.05. The summed E-state index contributed by atoms with van der Waals surface area (Å²) in [6.07, 6.45) is 4.18. The SMILES string of the molecule is [CH2]C(C)c1cccc(C2CCC2)c1. The third-order valence-electron chi connectivity index (χ3n) is 3.06. The van der Waals surface area contributed by atoms with E-state index in [2.05, 4.69) is 38.1 Å². The normalized spacial score (nSPS) is 17.5. The van der Waals surface area contributed by atoms with Crippen LogP contribution >= 0.6 is 0 Å². The lowest BCUT2D eigenvalue weighted by molar-refractivity contribution is 0.419. The highest BCUT2D eigenvalue weighted by Crippen LogP contribution is 2.36. The van der Waals surface area contributed by atoms with Gasteiger partial charge < -0.3 is 0 Å². The fraction of sp³-hybridized carbons (Fsp3) is 0.462. The Labute approximate surface area is 81.0 Å². The van der Waals surface area contributed by atoms with Gasteiger partial charge >= 0.3 is 0 Å². The Morgan fingerprint density at radius 3 is 2.69 bits per heavy atom. The average Bonchev–Trinajstić information content (AvgIpc) is 2.01. The smallest absolute Gasteiger partial charge is 0.0162 e. The van der Waals surface area contributed by atoms with E-state index in [4.69, 9.17) is 0 Å². The molecule has 0 saturated heterocycles. The third-order valence-corrected chi connectivity index (χ3v) is 3.06. The van der Waals surface area contributed by atoms with E-state index < -0.39 is 0 Å². The summed E-state index contributed by atoms with van der Waals surface area (Å²) in [5, 5.41) is 0. The van der Waals surface area contributed by atoms with Crippen LogP contribution in [0.3, 0.4) is 0 Å². The molecule has 69 valence electrons. The fourth-order valence-corrected chi connectivity index (χ4v) is 1.86. The molecule has 0 N–H and O–H groups in total. The van der Waals surface area contributed by atoms with Crippen molar-refractivity contribution in [3.8, 4) is 0 Å². The van der Waals surface area contributed by atoms with E-state index in [9.17, 15) is 0 Å². The summed E-state index contributed by atoms with van der Waals surface area (Å²) in [4.78, 5) is 0. The quantitative estimate of drug-likeness (QED) is 0.636. The molecule has 1 aromatic rings. The van der Waals surface area contributed by atoms with Crippen molar-refractivity contribution in [2.75, 3.05) is 0 Å². The van der Waals surface area contributed by atoms with E-state index in [1.807, 2.05) is 0 Å². The summed E-state index contributed by atoms with van der Waals surface area (Å²) in [6, 6.07) is 8.95. The first-order chi connectivity index (χ1) is 6.27. The molecule has 0 aromatic heterocycles. The lowest BCUT2D eigenvalue weighted by Crippen LogP contribution is -2.08. The molecule has 1 unspecified atom stereocenters. The second kappa shape index (κ2) is 3.53. The highest BCUT2D eigenvalue weighted by molar-refractivity contribution is 5.29. The number of benzene rings is 1. The molecular formula is C13H17. The Morgan fingerprint density at radius 2 is 2.15 bits per heavy atom. The molecule has 0 aliphatic heterocycles. The Morgan fingerprint density at radius 1 is 1.38 bits per heavy atom. The Bertz CT molecular complexity index is 282. The van der Waals surface area contributed by atoms with Crippen molar-refractivity contribution in [2.45, 2.75) is 38.0 Å². The Kier molecular flexibility index (Phi) is 2.39.